The fraction of sp³-hybridized carbons (Fsp3) is 0.625. The monoisotopic (exact) mass is 263 g/mol. The van der Waals surface area contributed by atoms with Crippen LogP contribution >= 0.6 is 0 Å². The van der Waals surface area contributed by atoms with Crippen LogP contribution in [0, 0.1) is 5.92 Å². The third-order valence-electron chi connectivity index (χ3n) is 3.43. The molecule has 1 aliphatic heterocycles. The number of nitrogens with one attached hydrogen (secondary N) is 1. The van der Waals surface area contributed by atoms with E-state index >= 15 is 0 Å². The molecule has 1 unspecified atom stereocenters. The molecular formula is C16H25NO2. The van der Waals surface area contributed by atoms with Crippen molar-refractivity contribution >= 4 is 0 Å². The average Bonchev–Trinajstić information content (AvgIpc) is 2.64. The Bertz CT molecular complexity index is 429. The number of benzene rings is 1. The normalized spacial score (nSPS) is 17.9. The highest BCUT2D eigenvalue weighted by Crippen LogP contribution is 2.37. The molecule has 0 aliphatic carbocycles. The van der Waals surface area contributed by atoms with Gasteiger partial charge in [0, 0.05) is 38.8 Å². The van der Waals surface area contributed by atoms with Crippen molar-refractivity contribution in [2.75, 3.05) is 20.3 Å². The molecule has 0 fully saturated rings. The second kappa shape index (κ2) is 5.93. The second-order valence-electron chi connectivity index (χ2n) is 6.14. The standard InChI is InChI=1S/C16H25NO2/c1-12(11-18-4)9-17-10-14-7-5-6-13-8-16(2,3)19-15(13)14/h5-7,12,17H,8-11H2,1-4H3. The smallest absolute Gasteiger partial charge is 0.127 e. The van der Waals surface area contributed by atoms with Crippen molar-refractivity contribution in [1.29, 1.82) is 0 Å². The van der Waals surface area contributed by atoms with Crippen LogP contribution in [0.1, 0.15) is 31.9 Å². The van der Waals surface area contributed by atoms with Crippen LogP contribution in [0.15, 0.2) is 18.2 Å². The van der Waals surface area contributed by atoms with Gasteiger partial charge in [0.05, 0.1) is 0 Å². The lowest BCUT2D eigenvalue weighted by Gasteiger charge is -2.18. The first-order valence-electron chi connectivity index (χ1n) is 7.01. The van der Waals surface area contributed by atoms with Gasteiger partial charge in [0.25, 0.3) is 0 Å². The molecule has 0 saturated heterocycles. The summed E-state index contributed by atoms with van der Waals surface area (Å²) < 4.78 is 11.2. The zero-order valence-electron chi connectivity index (χ0n) is 12.5. The van der Waals surface area contributed by atoms with Gasteiger partial charge in [-0.05, 0) is 25.3 Å². The van der Waals surface area contributed by atoms with Gasteiger partial charge in [-0.15, -0.1) is 0 Å². The first-order chi connectivity index (χ1) is 9.02. The molecule has 1 aromatic rings. The zero-order valence-corrected chi connectivity index (χ0v) is 12.5. The highest BCUT2D eigenvalue weighted by molar-refractivity contribution is 5.45. The van der Waals surface area contributed by atoms with Gasteiger partial charge in [-0.2, -0.15) is 0 Å². The molecule has 1 aromatic carbocycles. The van der Waals surface area contributed by atoms with Crippen molar-refractivity contribution in [3.05, 3.63) is 29.3 Å². The summed E-state index contributed by atoms with van der Waals surface area (Å²) >= 11 is 0. The summed E-state index contributed by atoms with van der Waals surface area (Å²) in [5, 5.41) is 3.48. The quantitative estimate of drug-likeness (QED) is 0.856. The van der Waals surface area contributed by atoms with E-state index in [4.69, 9.17) is 9.47 Å². The first kappa shape index (κ1) is 14.4. The molecule has 1 aliphatic rings. The van der Waals surface area contributed by atoms with Crippen LogP contribution in [-0.2, 0) is 17.7 Å². The fourth-order valence-electron chi connectivity index (χ4n) is 2.62. The van der Waals surface area contributed by atoms with E-state index < -0.39 is 0 Å². The van der Waals surface area contributed by atoms with E-state index in [9.17, 15) is 0 Å². The Balaban J connectivity index is 1.94. The topological polar surface area (TPSA) is 30.5 Å². The maximum atomic E-state index is 6.07. The van der Waals surface area contributed by atoms with Crippen LogP contribution in [0.2, 0.25) is 0 Å². The Hall–Kier alpha value is -1.06. The minimum absolute atomic E-state index is 0.0677. The van der Waals surface area contributed by atoms with Crippen molar-refractivity contribution in [3.8, 4) is 5.75 Å². The summed E-state index contributed by atoms with van der Waals surface area (Å²) in [5.74, 6) is 1.61. The summed E-state index contributed by atoms with van der Waals surface area (Å²) in [6.07, 6.45) is 0.996. The molecular weight excluding hydrogens is 238 g/mol. The molecule has 0 saturated carbocycles. The van der Waals surface area contributed by atoms with Gasteiger partial charge in [0.1, 0.15) is 11.4 Å². The summed E-state index contributed by atoms with van der Waals surface area (Å²) in [4.78, 5) is 0. The summed E-state index contributed by atoms with van der Waals surface area (Å²) in [6.45, 7) is 9.08. The number of para-hydroxylation sites is 1. The molecule has 0 radical (unpaired) electrons. The van der Waals surface area contributed by atoms with Crippen molar-refractivity contribution in [2.24, 2.45) is 5.92 Å². The van der Waals surface area contributed by atoms with Gasteiger partial charge in [0.15, 0.2) is 0 Å². The molecule has 0 bridgehead atoms. The van der Waals surface area contributed by atoms with Gasteiger partial charge >= 0.3 is 0 Å². The molecule has 106 valence electrons. The van der Waals surface area contributed by atoms with Crippen LogP contribution in [-0.4, -0.2) is 25.9 Å². The van der Waals surface area contributed by atoms with Crippen molar-refractivity contribution in [3.63, 3.8) is 0 Å². The van der Waals surface area contributed by atoms with E-state index in [0.717, 1.165) is 31.9 Å². The lowest BCUT2D eigenvalue weighted by Crippen LogP contribution is -2.26. The number of hydrogen-bond acceptors (Lipinski definition) is 3. The van der Waals surface area contributed by atoms with Gasteiger partial charge in [-0.1, -0.05) is 25.1 Å². The molecule has 1 atom stereocenters. The van der Waals surface area contributed by atoms with Crippen molar-refractivity contribution in [1.82, 2.24) is 5.32 Å². The Morgan fingerprint density at radius 3 is 2.95 bits per heavy atom. The van der Waals surface area contributed by atoms with Gasteiger partial charge in [-0.3, -0.25) is 0 Å². The number of ether oxygens (including phenoxy) is 2. The SMILES string of the molecule is COCC(C)CNCc1cccc2c1OC(C)(C)C2. The molecule has 0 spiro atoms. The number of methoxy groups -OCH3 is 1. The van der Waals surface area contributed by atoms with E-state index in [1.165, 1.54) is 11.1 Å². The molecule has 2 rings (SSSR count). The van der Waals surface area contributed by atoms with E-state index in [-0.39, 0.29) is 5.60 Å². The van der Waals surface area contributed by atoms with E-state index in [1.807, 2.05) is 0 Å². The third kappa shape index (κ3) is 3.71. The van der Waals surface area contributed by atoms with E-state index in [0.29, 0.717) is 5.92 Å². The highest BCUT2D eigenvalue weighted by Gasteiger charge is 2.31. The largest absolute Gasteiger partial charge is 0.487 e. The van der Waals surface area contributed by atoms with E-state index in [1.54, 1.807) is 7.11 Å². The Morgan fingerprint density at radius 1 is 1.42 bits per heavy atom. The van der Waals surface area contributed by atoms with Gasteiger partial charge in [-0.25, -0.2) is 0 Å². The first-order valence-corrected chi connectivity index (χ1v) is 7.01. The van der Waals surface area contributed by atoms with Gasteiger partial charge < -0.3 is 14.8 Å². The summed E-state index contributed by atoms with van der Waals surface area (Å²) in [6, 6.07) is 6.44. The molecule has 0 aromatic heterocycles. The maximum Gasteiger partial charge on any atom is 0.127 e. The highest BCUT2D eigenvalue weighted by atomic mass is 16.5. The summed E-state index contributed by atoms with van der Waals surface area (Å²) in [5.41, 5.74) is 2.52. The predicted molar refractivity (Wildman–Crippen MR) is 77.6 cm³/mol. The van der Waals surface area contributed by atoms with Gasteiger partial charge in [0.2, 0.25) is 0 Å². The van der Waals surface area contributed by atoms with Crippen LogP contribution in [0.25, 0.3) is 0 Å². The minimum atomic E-state index is -0.0677. The molecule has 0 amide bonds. The maximum absolute atomic E-state index is 6.07. The van der Waals surface area contributed by atoms with Crippen molar-refractivity contribution in [2.45, 2.75) is 39.3 Å². The molecule has 3 nitrogen and oxygen atoms in total. The fourth-order valence-corrected chi connectivity index (χ4v) is 2.62. The van der Waals surface area contributed by atoms with Crippen LogP contribution in [0.4, 0.5) is 0 Å². The lowest BCUT2D eigenvalue weighted by atomic mass is 10.0. The van der Waals surface area contributed by atoms with Crippen LogP contribution < -0.4 is 10.1 Å². The summed E-state index contributed by atoms with van der Waals surface area (Å²) in [7, 11) is 1.75. The van der Waals surface area contributed by atoms with Crippen LogP contribution in [0.5, 0.6) is 5.75 Å². The molecule has 19 heavy (non-hydrogen) atoms. The Morgan fingerprint density at radius 2 is 2.21 bits per heavy atom. The second-order valence-corrected chi connectivity index (χ2v) is 6.14. The third-order valence-corrected chi connectivity index (χ3v) is 3.43. The Labute approximate surface area is 116 Å². The minimum Gasteiger partial charge on any atom is -0.487 e. The molecule has 1 heterocycles. The number of fused-ring (bicyclic) bond motifs is 1. The Kier molecular flexibility index (Phi) is 4.48. The van der Waals surface area contributed by atoms with Crippen molar-refractivity contribution < 1.29 is 9.47 Å². The average molecular weight is 263 g/mol. The number of rotatable bonds is 6. The zero-order chi connectivity index (χ0) is 13.9. The lowest BCUT2D eigenvalue weighted by molar-refractivity contribution is 0.137. The van der Waals surface area contributed by atoms with E-state index in [2.05, 4.69) is 44.3 Å². The molecule has 1 N–H and O–H groups in total. The van der Waals surface area contributed by atoms with Crippen LogP contribution in [0.3, 0.4) is 0 Å². The predicted octanol–water partition coefficient (Wildman–Crippen LogP) is 2.77. The number of hydrogen-bond donors (Lipinski definition) is 1. The molecule has 3 heteroatoms.